The smallest absolute Gasteiger partial charge is 0.106 e. The van der Waals surface area contributed by atoms with Crippen molar-refractivity contribution in [1.82, 2.24) is 9.97 Å². The van der Waals surface area contributed by atoms with Crippen molar-refractivity contribution in [3.63, 3.8) is 0 Å². The van der Waals surface area contributed by atoms with E-state index in [9.17, 15) is 0 Å². The Morgan fingerprint density at radius 2 is 1.75 bits per heavy atom. The molecule has 24 heavy (non-hydrogen) atoms. The number of nitrogens with one attached hydrogen (secondary N) is 1. The van der Waals surface area contributed by atoms with Gasteiger partial charge in [0.2, 0.25) is 0 Å². The van der Waals surface area contributed by atoms with Crippen molar-refractivity contribution < 1.29 is 0 Å². The summed E-state index contributed by atoms with van der Waals surface area (Å²) in [5.74, 6) is 1.37. The van der Waals surface area contributed by atoms with Crippen LogP contribution in [0.25, 0.3) is 0 Å². The maximum atomic E-state index is 5.61. The number of rotatable bonds is 7. The van der Waals surface area contributed by atoms with Crippen LogP contribution in [-0.2, 0) is 12.8 Å². The summed E-state index contributed by atoms with van der Waals surface area (Å²) in [5.41, 5.74) is 9.37. The molecule has 0 aliphatic rings. The first-order valence-electron chi connectivity index (χ1n) is 8.30. The number of aromatic amines is 1. The highest BCUT2D eigenvalue weighted by molar-refractivity contribution is 9.10. The lowest BCUT2D eigenvalue weighted by Gasteiger charge is -2.19. The van der Waals surface area contributed by atoms with Gasteiger partial charge < -0.3 is 10.7 Å². The Kier molecular flexibility index (Phi) is 5.83. The predicted molar refractivity (Wildman–Crippen MR) is 102 cm³/mol. The summed E-state index contributed by atoms with van der Waals surface area (Å²) in [4.78, 5) is 7.88. The Bertz CT molecular complexity index is 767. The third-order valence-electron chi connectivity index (χ3n) is 4.25. The minimum absolute atomic E-state index is 0.338. The molecule has 124 valence electrons. The van der Waals surface area contributed by atoms with Crippen molar-refractivity contribution in [3.8, 4) is 0 Å². The zero-order valence-corrected chi connectivity index (χ0v) is 15.2. The molecular weight excluding hydrogens is 362 g/mol. The highest BCUT2D eigenvalue weighted by Gasteiger charge is 2.17. The number of aryl methyl sites for hydroxylation is 1. The molecule has 0 aliphatic heterocycles. The van der Waals surface area contributed by atoms with Crippen LogP contribution in [0.2, 0.25) is 0 Å². The van der Waals surface area contributed by atoms with E-state index in [1.165, 1.54) is 11.1 Å². The molecule has 1 unspecified atom stereocenters. The Labute approximate surface area is 151 Å². The predicted octanol–water partition coefficient (Wildman–Crippen LogP) is 4.44. The fourth-order valence-electron chi connectivity index (χ4n) is 3.04. The Hall–Kier alpha value is -1.91. The van der Waals surface area contributed by atoms with Gasteiger partial charge in [0.1, 0.15) is 5.82 Å². The third-order valence-corrected chi connectivity index (χ3v) is 4.97. The van der Waals surface area contributed by atoms with Gasteiger partial charge in [0.05, 0.1) is 0 Å². The van der Waals surface area contributed by atoms with Gasteiger partial charge in [-0.2, -0.15) is 0 Å². The number of H-pyrrole nitrogens is 1. The van der Waals surface area contributed by atoms with E-state index in [0.717, 1.165) is 35.3 Å². The van der Waals surface area contributed by atoms with Crippen molar-refractivity contribution in [2.75, 3.05) is 6.54 Å². The van der Waals surface area contributed by atoms with Gasteiger partial charge in [0, 0.05) is 35.1 Å². The molecule has 1 aromatic heterocycles. The van der Waals surface area contributed by atoms with Gasteiger partial charge in [0.25, 0.3) is 0 Å². The van der Waals surface area contributed by atoms with E-state index in [-0.39, 0.29) is 0 Å². The molecular formula is C20H22BrN3. The van der Waals surface area contributed by atoms with E-state index in [1.807, 2.05) is 6.20 Å². The fraction of sp³-hybridized carbons (Fsp3) is 0.250. The molecule has 0 saturated carbocycles. The zero-order chi connectivity index (χ0) is 16.8. The molecule has 1 atom stereocenters. The molecule has 0 aliphatic carbocycles. The molecule has 0 amide bonds. The number of nitrogens with zero attached hydrogens (tertiary/aromatic N) is 1. The van der Waals surface area contributed by atoms with Crippen molar-refractivity contribution in [1.29, 1.82) is 0 Å². The highest BCUT2D eigenvalue weighted by atomic mass is 79.9. The topological polar surface area (TPSA) is 54.7 Å². The first-order chi connectivity index (χ1) is 11.8. The summed E-state index contributed by atoms with van der Waals surface area (Å²) in [6, 6.07) is 19.1. The van der Waals surface area contributed by atoms with Gasteiger partial charge in [-0.05, 0) is 30.2 Å². The van der Waals surface area contributed by atoms with Crippen LogP contribution in [0.5, 0.6) is 0 Å². The van der Waals surface area contributed by atoms with E-state index >= 15 is 0 Å². The molecule has 4 heteroatoms. The summed E-state index contributed by atoms with van der Waals surface area (Å²) < 4.78 is 1.15. The lowest BCUT2D eigenvalue weighted by molar-refractivity contribution is 0.691. The van der Waals surface area contributed by atoms with Crippen molar-refractivity contribution >= 4 is 15.9 Å². The Morgan fingerprint density at radius 1 is 1.00 bits per heavy atom. The molecule has 3 N–H and O–H groups in total. The molecule has 3 aromatic rings. The van der Waals surface area contributed by atoms with Crippen molar-refractivity contribution in [2.24, 2.45) is 5.73 Å². The van der Waals surface area contributed by atoms with Crippen LogP contribution < -0.4 is 5.73 Å². The van der Waals surface area contributed by atoms with Crippen LogP contribution in [0, 0.1) is 0 Å². The van der Waals surface area contributed by atoms with E-state index in [0.29, 0.717) is 12.5 Å². The van der Waals surface area contributed by atoms with Gasteiger partial charge in [-0.1, -0.05) is 64.5 Å². The highest BCUT2D eigenvalue weighted by Crippen LogP contribution is 2.33. The van der Waals surface area contributed by atoms with Gasteiger partial charge in [-0.25, -0.2) is 4.98 Å². The number of hydrogen-bond donors (Lipinski definition) is 2. The first-order valence-corrected chi connectivity index (χ1v) is 9.09. The van der Waals surface area contributed by atoms with E-state index in [2.05, 4.69) is 80.5 Å². The van der Waals surface area contributed by atoms with Gasteiger partial charge >= 0.3 is 0 Å². The summed E-state index contributed by atoms with van der Waals surface area (Å²) >= 11 is 3.71. The summed E-state index contributed by atoms with van der Waals surface area (Å²) in [5, 5.41) is 0. The maximum absolute atomic E-state index is 5.61. The SMILES string of the molecule is NCCc1cnc(CCC(c2ccccc2)c2ccccc2Br)[nH]1. The number of halogens is 1. The van der Waals surface area contributed by atoms with E-state index in [4.69, 9.17) is 5.73 Å². The number of aromatic nitrogens is 2. The molecule has 2 aromatic carbocycles. The Morgan fingerprint density at radius 3 is 2.50 bits per heavy atom. The first kappa shape index (κ1) is 16.9. The van der Waals surface area contributed by atoms with Gasteiger partial charge in [0.15, 0.2) is 0 Å². The van der Waals surface area contributed by atoms with Gasteiger partial charge in [-0.3, -0.25) is 0 Å². The van der Waals surface area contributed by atoms with Crippen LogP contribution in [0.4, 0.5) is 0 Å². The zero-order valence-electron chi connectivity index (χ0n) is 13.6. The fourth-order valence-corrected chi connectivity index (χ4v) is 3.60. The average molecular weight is 384 g/mol. The number of imidazole rings is 1. The molecule has 3 nitrogen and oxygen atoms in total. The molecule has 3 rings (SSSR count). The van der Waals surface area contributed by atoms with Crippen LogP contribution in [0.1, 0.15) is 35.0 Å². The lowest BCUT2D eigenvalue weighted by atomic mass is 9.87. The van der Waals surface area contributed by atoms with E-state index < -0.39 is 0 Å². The number of benzene rings is 2. The molecule has 0 bridgehead atoms. The minimum Gasteiger partial charge on any atom is -0.346 e. The second kappa shape index (κ2) is 8.27. The molecule has 0 radical (unpaired) electrons. The largest absolute Gasteiger partial charge is 0.346 e. The van der Waals surface area contributed by atoms with Crippen molar-refractivity contribution in [2.45, 2.75) is 25.2 Å². The van der Waals surface area contributed by atoms with Crippen LogP contribution in [0.15, 0.2) is 65.3 Å². The monoisotopic (exact) mass is 383 g/mol. The van der Waals surface area contributed by atoms with Crippen LogP contribution in [-0.4, -0.2) is 16.5 Å². The summed E-state index contributed by atoms with van der Waals surface area (Å²) in [7, 11) is 0. The second-order valence-corrected chi connectivity index (χ2v) is 6.77. The normalized spacial score (nSPS) is 12.2. The van der Waals surface area contributed by atoms with Crippen molar-refractivity contribution in [3.05, 3.63) is 87.9 Å². The average Bonchev–Trinajstić information content (AvgIpc) is 3.05. The third kappa shape index (κ3) is 4.13. The summed E-state index contributed by atoms with van der Waals surface area (Å²) in [6.45, 7) is 0.644. The van der Waals surface area contributed by atoms with Crippen LogP contribution >= 0.6 is 15.9 Å². The molecule has 0 spiro atoms. The Balaban J connectivity index is 1.81. The standard InChI is InChI=1S/C20H22BrN3/c21-19-9-5-4-8-18(19)17(15-6-2-1-3-7-15)10-11-20-23-14-16(24-20)12-13-22/h1-9,14,17H,10-13,22H2,(H,23,24). The molecule has 0 saturated heterocycles. The van der Waals surface area contributed by atoms with E-state index in [1.54, 1.807) is 0 Å². The lowest BCUT2D eigenvalue weighted by Crippen LogP contribution is -2.05. The number of hydrogen-bond acceptors (Lipinski definition) is 2. The molecule has 1 heterocycles. The number of nitrogens with two attached hydrogens (primary N) is 1. The van der Waals surface area contributed by atoms with Gasteiger partial charge in [-0.15, -0.1) is 0 Å². The summed E-state index contributed by atoms with van der Waals surface area (Å²) in [6.07, 6.45) is 4.66. The second-order valence-electron chi connectivity index (χ2n) is 5.92. The quantitative estimate of drug-likeness (QED) is 0.633. The van der Waals surface area contributed by atoms with Crippen LogP contribution in [0.3, 0.4) is 0 Å². The maximum Gasteiger partial charge on any atom is 0.106 e. The minimum atomic E-state index is 0.338. The molecule has 0 fully saturated rings.